The van der Waals surface area contributed by atoms with Crippen LogP contribution in [0.25, 0.3) is 11.1 Å². The van der Waals surface area contributed by atoms with Crippen LogP contribution in [0, 0.1) is 0 Å². The Kier molecular flexibility index (Phi) is 3.85. The number of rotatable bonds is 3. The number of nitrogens with two attached hydrogens (primary N) is 2. The van der Waals surface area contributed by atoms with Crippen LogP contribution in [0.15, 0.2) is 34.8 Å². The minimum atomic E-state index is 0.560. The predicted octanol–water partition coefficient (Wildman–Crippen LogP) is 3.30. The highest BCUT2D eigenvalue weighted by Crippen LogP contribution is 2.45. The third-order valence-electron chi connectivity index (χ3n) is 2.86. The van der Waals surface area contributed by atoms with E-state index in [-0.39, 0.29) is 0 Å². The van der Waals surface area contributed by atoms with Gasteiger partial charge in [-0.05, 0) is 18.2 Å². The second-order valence-corrected chi connectivity index (χ2v) is 4.83. The van der Waals surface area contributed by atoms with Crippen LogP contribution in [0.3, 0.4) is 0 Å². The zero-order valence-electron chi connectivity index (χ0n) is 10.7. The zero-order chi connectivity index (χ0) is 14.0. The highest BCUT2D eigenvalue weighted by Gasteiger charge is 2.18. The van der Waals surface area contributed by atoms with Gasteiger partial charge in [0, 0.05) is 15.6 Å². The first kappa shape index (κ1) is 13.5. The van der Waals surface area contributed by atoms with Gasteiger partial charge in [-0.1, -0.05) is 28.1 Å². The van der Waals surface area contributed by atoms with Crippen LogP contribution in [0.5, 0.6) is 11.5 Å². The van der Waals surface area contributed by atoms with E-state index >= 15 is 0 Å². The molecular formula is C14H15BrN2O2. The molecule has 5 heteroatoms. The number of halogens is 1. The Balaban J connectivity index is 2.79. The Bertz CT molecular complexity index is 615. The molecule has 100 valence electrons. The van der Waals surface area contributed by atoms with Crippen LogP contribution in [-0.4, -0.2) is 14.2 Å². The van der Waals surface area contributed by atoms with Gasteiger partial charge in [0.05, 0.1) is 25.6 Å². The molecule has 0 amide bonds. The molecule has 2 aromatic rings. The van der Waals surface area contributed by atoms with Crippen molar-refractivity contribution in [3.63, 3.8) is 0 Å². The van der Waals surface area contributed by atoms with E-state index in [1.54, 1.807) is 26.4 Å². The molecule has 19 heavy (non-hydrogen) atoms. The van der Waals surface area contributed by atoms with Crippen molar-refractivity contribution < 1.29 is 9.47 Å². The Hall–Kier alpha value is -1.88. The van der Waals surface area contributed by atoms with Crippen LogP contribution in [0.4, 0.5) is 11.4 Å². The normalized spacial score (nSPS) is 10.3. The Morgan fingerprint density at radius 3 is 2.16 bits per heavy atom. The molecule has 0 radical (unpaired) electrons. The van der Waals surface area contributed by atoms with E-state index < -0.39 is 0 Å². The molecular weight excluding hydrogens is 308 g/mol. The first-order valence-corrected chi connectivity index (χ1v) is 6.44. The summed E-state index contributed by atoms with van der Waals surface area (Å²) in [4.78, 5) is 0. The van der Waals surface area contributed by atoms with Crippen molar-refractivity contribution in [2.75, 3.05) is 25.7 Å². The quantitative estimate of drug-likeness (QED) is 0.850. The Morgan fingerprint density at radius 2 is 1.53 bits per heavy atom. The molecule has 0 aromatic heterocycles. The lowest BCUT2D eigenvalue weighted by atomic mass is 10.0. The predicted molar refractivity (Wildman–Crippen MR) is 81.5 cm³/mol. The van der Waals surface area contributed by atoms with Gasteiger partial charge in [-0.2, -0.15) is 0 Å². The third-order valence-corrected chi connectivity index (χ3v) is 3.52. The van der Waals surface area contributed by atoms with Crippen LogP contribution >= 0.6 is 15.9 Å². The summed E-state index contributed by atoms with van der Waals surface area (Å²) < 4.78 is 11.6. The van der Waals surface area contributed by atoms with E-state index in [1.165, 1.54) is 0 Å². The fraction of sp³-hybridized carbons (Fsp3) is 0.143. The summed E-state index contributed by atoms with van der Waals surface area (Å²) in [6.45, 7) is 0. The lowest BCUT2D eigenvalue weighted by Gasteiger charge is -2.16. The number of ether oxygens (including phenoxy) is 2. The summed E-state index contributed by atoms with van der Waals surface area (Å²) in [6, 6.07) is 9.22. The van der Waals surface area contributed by atoms with E-state index in [1.807, 2.05) is 18.2 Å². The molecule has 0 fully saturated rings. The van der Waals surface area contributed by atoms with Gasteiger partial charge in [0.1, 0.15) is 5.75 Å². The second kappa shape index (κ2) is 5.40. The van der Waals surface area contributed by atoms with Gasteiger partial charge in [0.2, 0.25) is 0 Å². The summed E-state index contributed by atoms with van der Waals surface area (Å²) >= 11 is 3.51. The van der Waals surface area contributed by atoms with E-state index in [9.17, 15) is 0 Å². The molecule has 0 spiro atoms. The Labute approximate surface area is 120 Å². The van der Waals surface area contributed by atoms with Crippen molar-refractivity contribution in [2.45, 2.75) is 0 Å². The van der Waals surface area contributed by atoms with Crippen molar-refractivity contribution >= 4 is 27.3 Å². The molecule has 4 nitrogen and oxygen atoms in total. The minimum absolute atomic E-state index is 0.560. The van der Waals surface area contributed by atoms with Crippen LogP contribution < -0.4 is 20.9 Å². The van der Waals surface area contributed by atoms with Gasteiger partial charge in [0.15, 0.2) is 5.75 Å². The summed E-state index contributed by atoms with van der Waals surface area (Å²) in [6.07, 6.45) is 0. The molecule has 0 bridgehead atoms. The first-order valence-electron chi connectivity index (χ1n) is 5.65. The highest BCUT2D eigenvalue weighted by atomic mass is 79.9. The molecule has 0 saturated heterocycles. The van der Waals surface area contributed by atoms with Gasteiger partial charge < -0.3 is 20.9 Å². The number of hydrogen-bond donors (Lipinski definition) is 2. The third kappa shape index (κ3) is 2.33. The van der Waals surface area contributed by atoms with Gasteiger partial charge in [-0.3, -0.25) is 0 Å². The van der Waals surface area contributed by atoms with E-state index in [0.29, 0.717) is 22.9 Å². The number of para-hydroxylation sites is 1. The molecule has 2 aromatic carbocycles. The molecule has 0 heterocycles. The van der Waals surface area contributed by atoms with Crippen molar-refractivity contribution in [2.24, 2.45) is 0 Å². The van der Waals surface area contributed by atoms with Crippen molar-refractivity contribution in [1.29, 1.82) is 0 Å². The lowest BCUT2D eigenvalue weighted by Crippen LogP contribution is -1.99. The Morgan fingerprint density at radius 1 is 0.895 bits per heavy atom. The van der Waals surface area contributed by atoms with E-state index in [2.05, 4.69) is 15.9 Å². The minimum Gasteiger partial charge on any atom is -0.494 e. The maximum absolute atomic E-state index is 5.95. The smallest absolute Gasteiger partial charge is 0.150 e. The number of methoxy groups -OCH3 is 2. The molecule has 0 saturated carbocycles. The van der Waals surface area contributed by atoms with Gasteiger partial charge in [-0.15, -0.1) is 0 Å². The largest absolute Gasteiger partial charge is 0.494 e. The average molecular weight is 323 g/mol. The molecule has 0 aliphatic heterocycles. The van der Waals surface area contributed by atoms with Gasteiger partial charge in [-0.25, -0.2) is 0 Å². The first-order chi connectivity index (χ1) is 9.10. The van der Waals surface area contributed by atoms with Crippen molar-refractivity contribution in [1.82, 2.24) is 0 Å². The number of nitrogen functional groups attached to an aromatic ring is 2. The molecule has 4 N–H and O–H groups in total. The fourth-order valence-corrected chi connectivity index (χ4v) is 2.55. The highest BCUT2D eigenvalue weighted by molar-refractivity contribution is 9.10. The van der Waals surface area contributed by atoms with Gasteiger partial charge >= 0.3 is 0 Å². The maximum atomic E-state index is 5.95. The van der Waals surface area contributed by atoms with E-state index in [0.717, 1.165) is 15.6 Å². The molecule has 0 unspecified atom stereocenters. The lowest BCUT2D eigenvalue weighted by molar-refractivity contribution is 0.412. The molecule has 0 aliphatic rings. The second-order valence-electron chi connectivity index (χ2n) is 3.97. The van der Waals surface area contributed by atoms with Crippen LogP contribution in [-0.2, 0) is 0 Å². The molecule has 2 rings (SSSR count). The summed E-state index contributed by atoms with van der Waals surface area (Å²) in [7, 11) is 3.17. The average Bonchev–Trinajstić information content (AvgIpc) is 2.40. The van der Waals surface area contributed by atoms with Crippen molar-refractivity contribution in [3.8, 4) is 22.6 Å². The maximum Gasteiger partial charge on any atom is 0.150 e. The van der Waals surface area contributed by atoms with Crippen LogP contribution in [0.2, 0.25) is 0 Å². The number of hydrogen-bond acceptors (Lipinski definition) is 4. The van der Waals surface area contributed by atoms with Crippen LogP contribution in [0.1, 0.15) is 0 Å². The van der Waals surface area contributed by atoms with Crippen molar-refractivity contribution in [3.05, 3.63) is 34.8 Å². The summed E-state index contributed by atoms with van der Waals surface area (Å²) in [5.41, 5.74) is 14.7. The molecule has 0 atom stereocenters. The summed E-state index contributed by atoms with van der Waals surface area (Å²) in [5.74, 6) is 1.20. The molecule has 0 aliphatic carbocycles. The van der Waals surface area contributed by atoms with Gasteiger partial charge in [0.25, 0.3) is 0 Å². The SMILES string of the molecule is COc1c(N)cccc1-c1c(Br)ccc(N)c1OC. The fourth-order valence-electron chi connectivity index (χ4n) is 2.03. The zero-order valence-corrected chi connectivity index (χ0v) is 12.3. The number of anilines is 2. The monoisotopic (exact) mass is 322 g/mol. The topological polar surface area (TPSA) is 70.5 Å². The number of benzene rings is 2. The van der Waals surface area contributed by atoms with E-state index in [4.69, 9.17) is 20.9 Å². The summed E-state index contributed by atoms with van der Waals surface area (Å²) in [5, 5.41) is 0. The standard InChI is InChI=1S/C14H15BrN2O2/c1-18-13-8(4-3-5-10(13)16)12-9(15)6-7-11(17)14(12)19-2/h3-7H,16-17H2,1-2H3.